The minimum absolute atomic E-state index is 0.198. The third kappa shape index (κ3) is 6.01. The summed E-state index contributed by atoms with van der Waals surface area (Å²) in [4.78, 5) is 53.4. The number of nitrogens with one attached hydrogen (secondary N) is 1. The van der Waals surface area contributed by atoms with Gasteiger partial charge in [0.2, 0.25) is 5.91 Å². The molecule has 0 radical (unpaired) electrons. The third-order valence-corrected chi connectivity index (χ3v) is 8.83. The van der Waals surface area contributed by atoms with Gasteiger partial charge in [0.15, 0.2) is 11.5 Å². The van der Waals surface area contributed by atoms with Crippen LogP contribution >= 0.6 is 45.7 Å². The fraction of sp³-hybridized carbons (Fsp3) is 0.385. The molecule has 12 heteroatoms. The number of imide groups is 1. The smallest absolute Gasteiger partial charge is 0.341 e. The first-order chi connectivity index (χ1) is 18.3. The Kier molecular flexibility index (Phi) is 9.36. The molecule has 0 unspecified atom stereocenters. The van der Waals surface area contributed by atoms with Gasteiger partial charge in [0, 0.05) is 4.88 Å². The molecule has 1 fully saturated rings. The van der Waals surface area contributed by atoms with Crippen molar-refractivity contribution in [2.24, 2.45) is 0 Å². The van der Waals surface area contributed by atoms with Crippen LogP contribution in [-0.4, -0.2) is 54.8 Å². The van der Waals surface area contributed by atoms with Crippen molar-refractivity contribution in [2.45, 2.75) is 39.5 Å². The Morgan fingerprint density at radius 3 is 2.63 bits per heavy atom. The molecule has 38 heavy (non-hydrogen) atoms. The molecule has 3 amide bonds. The van der Waals surface area contributed by atoms with Crippen molar-refractivity contribution in [3.63, 3.8) is 0 Å². The molecule has 0 atom stereocenters. The molecule has 4 rings (SSSR count). The lowest BCUT2D eigenvalue weighted by Gasteiger charge is -2.14. The largest absolute Gasteiger partial charge is 0.493 e. The highest BCUT2D eigenvalue weighted by Crippen LogP contribution is 2.40. The Hall–Kier alpha value is -2.58. The molecule has 2 aliphatic rings. The summed E-state index contributed by atoms with van der Waals surface area (Å²) < 4.78 is 17.1. The lowest BCUT2D eigenvalue weighted by atomic mass is 9.95. The molecule has 1 aliphatic carbocycles. The van der Waals surface area contributed by atoms with E-state index in [-0.39, 0.29) is 11.5 Å². The Labute approximate surface area is 242 Å². The summed E-state index contributed by atoms with van der Waals surface area (Å²) in [6, 6.07) is 3.55. The Balaban J connectivity index is 1.51. The van der Waals surface area contributed by atoms with Crippen molar-refractivity contribution < 1.29 is 33.4 Å². The van der Waals surface area contributed by atoms with Crippen molar-refractivity contribution >= 4 is 79.8 Å². The van der Waals surface area contributed by atoms with E-state index in [1.807, 2.05) is 13.0 Å². The molecule has 1 saturated heterocycles. The molecule has 0 bridgehead atoms. The quantitative estimate of drug-likeness (QED) is 0.212. The second-order valence-electron chi connectivity index (χ2n) is 8.42. The molecule has 1 aromatic carbocycles. The number of rotatable bonds is 9. The summed E-state index contributed by atoms with van der Waals surface area (Å²) in [5.41, 5.74) is 1.96. The highest BCUT2D eigenvalue weighted by atomic mass is 127. The molecule has 2 heterocycles. The minimum Gasteiger partial charge on any atom is -0.493 e. The average Bonchev–Trinajstić information content (AvgIpc) is 3.37. The fourth-order valence-corrected chi connectivity index (χ4v) is 7.19. The van der Waals surface area contributed by atoms with E-state index in [4.69, 9.17) is 14.2 Å². The van der Waals surface area contributed by atoms with Gasteiger partial charge in [-0.05, 0) is 103 Å². The van der Waals surface area contributed by atoms with E-state index in [1.54, 1.807) is 19.1 Å². The number of methoxy groups -OCH3 is 1. The van der Waals surface area contributed by atoms with Crippen molar-refractivity contribution in [3.05, 3.63) is 42.2 Å². The molecule has 2 aromatic rings. The number of amides is 3. The third-order valence-electron chi connectivity index (χ3n) is 5.92. The number of ether oxygens (including phenoxy) is 3. The van der Waals surface area contributed by atoms with Crippen LogP contribution in [-0.2, 0) is 27.2 Å². The lowest BCUT2D eigenvalue weighted by molar-refractivity contribution is -0.127. The SMILES string of the molecule is CCOC(=O)c1c(NC(=O)CN2C(=O)S/C(=C\c3cc(I)c(OCC)c(OC)c3)C2=O)sc2c1CCCC2. The van der Waals surface area contributed by atoms with E-state index < -0.39 is 29.6 Å². The topological polar surface area (TPSA) is 111 Å². The van der Waals surface area contributed by atoms with Gasteiger partial charge in [-0.2, -0.15) is 0 Å². The number of thioether (sulfide) groups is 1. The molecule has 1 N–H and O–H groups in total. The van der Waals surface area contributed by atoms with Crippen molar-refractivity contribution in [1.82, 2.24) is 4.90 Å². The monoisotopic (exact) mass is 670 g/mol. The number of hydrogen-bond donors (Lipinski definition) is 1. The Morgan fingerprint density at radius 2 is 1.92 bits per heavy atom. The zero-order chi connectivity index (χ0) is 27.4. The highest BCUT2D eigenvalue weighted by Gasteiger charge is 2.37. The maximum Gasteiger partial charge on any atom is 0.341 e. The van der Waals surface area contributed by atoms with Gasteiger partial charge in [-0.1, -0.05) is 0 Å². The van der Waals surface area contributed by atoms with E-state index in [9.17, 15) is 19.2 Å². The molecule has 0 spiro atoms. The first-order valence-electron chi connectivity index (χ1n) is 12.1. The van der Waals surface area contributed by atoms with Gasteiger partial charge in [-0.15, -0.1) is 11.3 Å². The number of anilines is 1. The maximum absolute atomic E-state index is 13.0. The molecule has 0 saturated carbocycles. The van der Waals surface area contributed by atoms with E-state index in [0.29, 0.717) is 34.2 Å². The lowest BCUT2D eigenvalue weighted by Crippen LogP contribution is -2.36. The van der Waals surface area contributed by atoms with E-state index in [2.05, 4.69) is 27.9 Å². The average molecular weight is 671 g/mol. The van der Waals surface area contributed by atoms with Crippen LogP contribution in [0.5, 0.6) is 11.5 Å². The summed E-state index contributed by atoms with van der Waals surface area (Å²) in [5, 5.41) is 2.61. The summed E-state index contributed by atoms with van der Waals surface area (Å²) in [5.74, 6) is -0.476. The number of esters is 1. The van der Waals surface area contributed by atoms with Crippen molar-refractivity contribution in [3.8, 4) is 11.5 Å². The fourth-order valence-electron chi connectivity index (χ4n) is 4.28. The van der Waals surface area contributed by atoms with E-state index >= 15 is 0 Å². The predicted octanol–water partition coefficient (Wildman–Crippen LogP) is 5.49. The molecule has 9 nitrogen and oxygen atoms in total. The Bertz CT molecular complexity index is 1320. The van der Waals surface area contributed by atoms with Crippen LogP contribution < -0.4 is 14.8 Å². The van der Waals surface area contributed by atoms with Crippen molar-refractivity contribution in [2.75, 3.05) is 32.2 Å². The van der Waals surface area contributed by atoms with Crippen LogP contribution in [0.25, 0.3) is 6.08 Å². The predicted molar refractivity (Wildman–Crippen MR) is 155 cm³/mol. The van der Waals surface area contributed by atoms with Gasteiger partial charge in [0.05, 0.1) is 34.4 Å². The van der Waals surface area contributed by atoms with Gasteiger partial charge in [-0.25, -0.2) is 4.79 Å². The number of fused-ring (bicyclic) bond motifs is 1. The van der Waals surface area contributed by atoms with Gasteiger partial charge >= 0.3 is 5.97 Å². The van der Waals surface area contributed by atoms with Gasteiger partial charge in [0.1, 0.15) is 11.5 Å². The minimum atomic E-state index is -0.561. The number of benzene rings is 1. The van der Waals surface area contributed by atoms with Crippen LogP contribution in [0, 0.1) is 3.57 Å². The number of nitrogens with zero attached hydrogens (tertiary/aromatic N) is 1. The van der Waals surface area contributed by atoms with Crippen LogP contribution in [0.3, 0.4) is 0 Å². The second-order valence-corrected chi connectivity index (χ2v) is 11.7. The van der Waals surface area contributed by atoms with E-state index in [1.165, 1.54) is 18.4 Å². The number of aryl methyl sites for hydroxylation is 1. The van der Waals surface area contributed by atoms with Gasteiger partial charge in [0.25, 0.3) is 11.1 Å². The van der Waals surface area contributed by atoms with Gasteiger partial charge < -0.3 is 19.5 Å². The van der Waals surface area contributed by atoms with Crippen LogP contribution in [0.4, 0.5) is 9.80 Å². The zero-order valence-electron chi connectivity index (χ0n) is 21.2. The van der Waals surface area contributed by atoms with Crippen LogP contribution in [0.2, 0.25) is 0 Å². The number of halogens is 1. The van der Waals surface area contributed by atoms with E-state index in [0.717, 1.165) is 56.4 Å². The summed E-state index contributed by atoms with van der Waals surface area (Å²) in [6.07, 6.45) is 5.16. The molecule has 202 valence electrons. The van der Waals surface area contributed by atoms with Crippen LogP contribution in [0.15, 0.2) is 17.0 Å². The number of hydrogen-bond acceptors (Lipinski definition) is 9. The molecular formula is C26H27IN2O7S2. The highest BCUT2D eigenvalue weighted by molar-refractivity contribution is 14.1. The molecule has 1 aromatic heterocycles. The molecule has 1 aliphatic heterocycles. The molecular weight excluding hydrogens is 643 g/mol. The number of carbonyl (C=O) groups excluding carboxylic acids is 4. The van der Waals surface area contributed by atoms with Gasteiger partial charge in [-0.3, -0.25) is 19.3 Å². The number of thiophene rings is 1. The van der Waals surface area contributed by atoms with Crippen molar-refractivity contribution in [1.29, 1.82) is 0 Å². The second kappa shape index (κ2) is 12.5. The zero-order valence-corrected chi connectivity index (χ0v) is 25.0. The van der Waals surface area contributed by atoms with Crippen LogP contribution in [0.1, 0.15) is 53.1 Å². The summed E-state index contributed by atoms with van der Waals surface area (Å²) in [6.45, 7) is 3.84. The first-order valence-corrected chi connectivity index (χ1v) is 14.9. The normalized spacial score (nSPS) is 16.0. The number of carbonyl (C=O) groups is 4. The summed E-state index contributed by atoms with van der Waals surface area (Å²) in [7, 11) is 1.53. The standard InChI is InChI=1S/C26H27IN2O7S2/c1-4-35-22-16(27)10-14(11-17(22)34-3)12-19-24(31)29(26(33)38-19)13-20(30)28-23-21(25(32)36-5-2)15-8-6-7-9-18(15)37-23/h10-12H,4-9,13H2,1-3H3,(H,28,30)/b19-12-. The maximum atomic E-state index is 13.0. The summed E-state index contributed by atoms with van der Waals surface area (Å²) >= 11 is 4.25. The Morgan fingerprint density at radius 1 is 1.16 bits per heavy atom. The first kappa shape index (κ1) is 28.4.